The number of rotatable bonds is 1. The van der Waals surface area contributed by atoms with Gasteiger partial charge in [-0.1, -0.05) is 6.08 Å². The predicted molar refractivity (Wildman–Crippen MR) is 66.3 cm³/mol. The molecule has 1 fully saturated rings. The van der Waals surface area contributed by atoms with Gasteiger partial charge in [-0.25, -0.2) is 4.99 Å². The number of amides is 1. The highest BCUT2D eigenvalue weighted by molar-refractivity contribution is 6.04. The highest BCUT2D eigenvalue weighted by atomic mass is 16.2. The highest BCUT2D eigenvalue weighted by Crippen LogP contribution is 2.22. The summed E-state index contributed by atoms with van der Waals surface area (Å²) in [6.07, 6.45) is 10.3. The summed E-state index contributed by atoms with van der Waals surface area (Å²) in [5, 5.41) is 3.16. The molecule has 4 nitrogen and oxygen atoms in total. The molecule has 1 atom stereocenters. The normalized spacial score (nSPS) is 27.1. The number of fused-ring (bicyclic) bond motifs is 1. The van der Waals surface area contributed by atoms with Crippen LogP contribution in [0.5, 0.6) is 0 Å². The van der Waals surface area contributed by atoms with E-state index in [1.165, 1.54) is 6.42 Å². The van der Waals surface area contributed by atoms with E-state index >= 15 is 0 Å². The van der Waals surface area contributed by atoms with Crippen molar-refractivity contribution < 1.29 is 4.79 Å². The van der Waals surface area contributed by atoms with Crippen LogP contribution in [0.15, 0.2) is 29.0 Å². The summed E-state index contributed by atoms with van der Waals surface area (Å²) in [5.41, 5.74) is 0.722. The quantitative estimate of drug-likeness (QED) is 0.741. The average molecular weight is 231 g/mol. The topological polar surface area (TPSA) is 44.7 Å². The lowest BCUT2D eigenvalue weighted by Gasteiger charge is -2.27. The Bertz CT molecular complexity index is 416. The molecule has 3 heterocycles. The first-order chi connectivity index (χ1) is 8.34. The number of allylic oxidation sites excluding steroid dienone is 1. The summed E-state index contributed by atoms with van der Waals surface area (Å²) in [7, 11) is 0. The van der Waals surface area contributed by atoms with E-state index in [1.54, 1.807) is 6.20 Å². The lowest BCUT2D eigenvalue weighted by molar-refractivity contribution is -0.128. The zero-order chi connectivity index (χ0) is 11.7. The second kappa shape index (κ2) is 4.35. The van der Waals surface area contributed by atoms with Gasteiger partial charge in [0.2, 0.25) is 0 Å². The summed E-state index contributed by atoms with van der Waals surface area (Å²) < 4.78 is 0. The van der Waals surface area contributed by atoms with Crippen LogP contribution in [-0.4, -0.2) is 29.7 Å². The minimum Gasteiger partial charge on any atom is -0.339 e. The molecule has 3 aliphatic heterocycles. The lowest BCUT2D eigenvalue weighted by atomic mass is 10.0. The molecule has 0 aliphatic carbocycles. The van der Waals surface area contributed by atoms with Crippen molar-refractivity contribution in [2.24, 2.45) is 10.9 Å². The molecule has 0 saturated carbocycles. The molecule has 1 unspecified atom stereocenters. The van der Waals surface area contributed by atoms with E-state index in [9.17, 15) is 4.79 Å². The zero-order valence-electron chi connectivity index (χ0n) is 9.85. The third-order valence-corrected chi connectivity index (χ3v) is 3.56. The third kappa shape index (κ3) is 1.99. The average Bonchev–Trinajstić information content (AvgIpc) is 2.82. The van der Waals surface area contributed by atoms with Crippen molar-refractivity contribution >= 4 is 11.7 Å². The van der Waals surface area contributed by atoms with Crippen molar-refractivity contribution in [1.82, 2.24) is 10.2 Å². The van der Waals surface area contributed by atoms with E-state index in [0.717, 1.165) is 43.9 Å². The monoisotopic (exact) mass is 231 g/mol. The first kappa shape index (κ1) is 10.6. The third-order valence-electron chi connectivity index (χ3n) is 3.56. The van der Waals surface area contributed by atoms with E-state index in [4.69, 9.17) is 0 Å². The molecule has 1 N–H and O–H groups in total. The van der Waals surface area contributed by atoms with Gasteiger partial charge in [0.1, 0.15) is 11.5 Å². The van der Waals surface area contributed by atoms with Crippen LogP contribution in [0.4, 0.5) is 0 Å². The maximum Gasteiger partial charge on any atom is 0.270 e. The number of nitrogens with zero attached hydrogens (tertiary/aromatic N) is 2. The van der Waals surface area contributed by atoms with Gasteiger partial charge in [-0.3, -0.25) is 4.79 Å². The van der Waals surface area contributed by atoms with Crippen molar-refractivity contribution in [2.45, 2.75) is 25.7 Å². The van der Waals surface area contributed by atoms with E-state index in [0.29, 0.717) is 0 Å². The summed E-state index contributed by atoms with van der Waals surface area (Å²) in [5.74, 6) is 1.35. The van der Waals surface area contributed by atoms with Crippen LogP contribution in [-0.2, 0) is 4.79 Å². The van der Waals surface area contributed by atoms with Gasteiger partial charge in [0.15, 0.2) is 0 Å². The van der Waals surface area contributed by atoms with E-state index in [1.807, 2.05) is 17.1 Å². The molecule has 3 aliphatic rings. The molecule has 17 heavy (non-hydrogen) atoms. The number of hydrogen-bond donors (Lipinski definition) is 1. The van der Waals surface area contributed by atoms with Crippen LogP contribution < -0.4 is 5.32 Å². The second-order valence-corrected chi connectivity index (χ2v) is 4.80. The maximum absolute atomic E-state index is 12.3. The molecule has 90 valence electrons. The number of carbonyl (C=O) groups excluding carboxylic acids is 1. The molecule has 1 amide bonds. The van der Waals surface area contributed by atoms with Crippen LogP contribution in [0.3, 0.4) is 0 Å². The van der Waals surface area contributed by atoms with E-state index in [2.05, 4.69) is 10.3 Å². The Balaban J connectivity index is 1.71. The first-order valence-corrected chi connectivity index (χ1v) is 6.35. The molecule has 0 bridgehead atoms. The Morgan fingerprint density at radius 1 is 1.35 bits per heavy atom. The smallest absolute Gasteiger partial charge is 0.270 e. The molecule has 0 radical (unpaired) electrons. The summed E-state index contributed by atoms with van der Waals surface area (Å²) in [4.78, 5) is 18.5. The van der Waals surface area contributed by atoms with Crippen LogP contribution in [0.2, 0.25) is 0 Å². The fraction of sp³-hybridized carbons (Fsp3) is 0.538. The van der Waals surface area contributed by atoms with Crippen LogP contribution >= 0.6 is 0 Å². The van der Waals surface area contributed by atoms with Crippen molar-refractivity contribution in [2.75, 3.05) is 13.1 Å². The van der Waals surface area contributed by atoms with E-state index in [-0.39, 0.29) is 11.8 Å². The number of aliphatic imine (C=N–C) groups is 1. The molecule has 0 aromatic carbocycles. The van der Waals surface area contributed by atoms with Gasteiger partial charge >= 0.3 is 0 Å². The Kier molecular flexibility index (Phi) is 2.71. The minimum absolute atomic E-state index is 0.141. The first-order valence-electron chi connectivity index (χ1n) is 6.35. The van der Waals surface area contributed by atoms with Gasteiger partial charge in [-0.05, 0) is 31.8 Å². The standard InChI is InChI=1S/C13H17N3O/c17-13(16-7-2-1-3-8-16)11-9-10-5-4-6-14-12(10)15-11/h4,6,9-10H,1-3,5,7-8H2,(H,14,15). The summed E-state index contributed by atoms with van der Waals surface area (Å²) in [6.45, 7) is 1.79. The van der Waals surface area contributed by atoms with Gasteiger partial charge < -0.3 is 10.2 Å². The summed E-state index contributed by atoms with van der Waals surface area (Å²) in [6, 6.07) is 0. The lowest BCUT2D eigenvalue weighted by Crippen LogP contribution is -2.39. The SMILES string of the molecule is O=C(C1=CC2CC=CN=C2N1)N1CCCCC1. The van der Waals surface area contributed by atoms with E-state index < -0.39 is 0 Å². The number of carbonyl (C=O) groups is 1. The fourth-order valence-electron chi connectivity index (χ4n) is 2.59. The molecular weight excluding hydrogens is 214 g/mol. The van der Waals surface area contributed by atoms with Crippen LogP contribution in [0.1, 0.15) is 25.7 Å². The predicted octanol–water partition coefficient (Wildman–Crippen LogP) is 1.42. The molecule has 1 saturated heterocycles. The number of piperidine rings is 1. The summed E-state index contributed by atoms with van der Waals surface area (Å²) >= 11 is 0. The molecule has 0 aromatic heterocycles. The fourth-order valence-corrected chi connectivity index (χ4v) is 2.59. The highest BCUT2D eigenvalue weighted by Gasteiger charge is 2.29. The van der Waals surface area contributed by atoms with Crippen molar-refractivity contribution in [3.05, 3.63) is 24.0 Å². The molecule has 3 rings (SSSR count). The molecule has 0 spiro atoms. The van der Waals surface area contributed by atoms with Gasteiger partial charge in [0.25, 0.3) is 5.91 Å². The Morgan fingerprint density at radius 2 is 2.18 bits per heavy atom. The molecule has 4 heteroatoms. The van der Waals surface area contributed by atoms with Crippen molar-refractivity contribution in [1.29, 1.82) is 0 Å². The molecular formula is C13H17N3O. The number of nitrogens with one attached hydrogen (secondary N) is 1. The van der Waals surface area contributed by atoms with Gasteiger partial charge in [-0.15, -0.1) is 0 Å². The second-order valence-electron chi connectivity index (χ2n) is 4.80. The number of amidine groups is 1. The Hall–Kier alpha value is -1.58. The number of hydrogen-bond acceptors (Lipinski definition) is 3. The Labute approximate surface area is 101 Å². The molecule has 0 aromatic rings. The van der Waals surface area contributed by atoms with Crippen molar-refractivity contribution in [3.63, 3.8) is 0 Å². The van der Waals surface area contributed by atoms with Gasteiger partial charge in [0.05, 0.1) is 0 Å². The van der Waals surface area contributed by atoms with Gasteiger partial charge in [-0.2, -0.15) is 0 Å². The minimum atomic E-state index is 0.141. The van der Waals surface area contributed by atoms with Crippen molar-refractivity contribution in [3.8, 4) is 0 Å². The van der Waals surface area contributed by atoms with Gasteiger partial charge in [0, 0.05) is 25.2 Å². The number of likely N-dealkylation sites (tertiary alicyclic amines) is 1. The Morgan fingerprint density at radius 3 is 2.94 bits per heavy atom. The van der Waals surface area contributed by atoms with Crippen LogP contribution in [0, 0.1) is 5.92 Å². The zero-order valence-corrected chi connectivity index (χ0v) is 9.85. The van der Waals surface area contributed by atoms with Crippen LogP contribution in [0.25, 0.3) is 0 Å². The maximum atomic E-state index is 12.3. The largest absolute Gasteiger partial charge is 0.339 e.